The lowest BCUT2D eigenvalue weighted by molar-refractivity contribution is 0.675. The highest BCUT2D eigenvalue weighted by Crippen LogP contribution is 2.44. The van der Waals surface area contributed by atoms with Crippen LogP contribution in [0, 0.1) is 6.92 Å². The lowest BCUT2D eigenvalue weighted by Gasteiger charge is -2.14. The van der Waals surface area contributed by atoms with Crippen molar-refractivity contribution in [2.24, 2.45) is 0 Å². The van der Waals surface area contributed by atoms with Gasteiger partial charge in [-0.2, -0.15) is 0 Å². The second kappa shape index (κ2) is 4.76. The molecule has 6 heterocycles. The molecule has 28 heavy (non-hydrogen) atoms. The average molecular weight is 362 g/mol. The van der Waals surface area contributed by atoms with Gasteiger partial charge in [0.1, 0.15) is 33.5 Å². The van der Waals surface area contributed by atoms with Gasteiger partial charge in [0.05, 0.1) is 0 Å². The molecule has 7 aromatic rings. The van der Waals surface area contributed by atoms with Crippen molar-refractivity contribution < 1.29 is 13.3 Å². The number of hydrogen-bond acceptors (Lipinski definition) is 3. The van der Waals surface area contributed by atoms with Crippen LogP contribution in [-0.4, -0.2) is 0 Å². The highest BCUT2D eigenvalue weighted by atomic mass is 16.3. The summed E-state index contributed by atoms with van der Waals surface area (Å²) in [5.41, 5.74) is 13.6. The first-order valence-corrected chi connectivity index (χ1v) is 9.34. The molecule has 6 bridgehead atoms. The minimum Gasteiger partial charge on any atom is -0.457 e. The van der Waals surface area contributed by atoms with Crippen LogP contribution in [0.15, 0.2) is 80.0 Å². The number of benzene rings is 4. The third kappa shape index (κ3) is 1.78. The van der Waals surface area contributed by atoms with Crippen LogP contribution in [0.5, 0.6) is 0 Å². The van der Waals surface area contributed by atoms with Crippen molar-refractivity contribution in [3.8, 4) is 33.4 Å². The number of furan rings is 6. The quantitative estimate of drug-likeness (QED) is 0.326. The molecule has 0 N–H and O–H groups in total. The van der Waals surface area contributed by atoms with Crippen molar-refractivity contribution in [1.82, 2.24) is 0 Å². The maximum Gasteiger partial charge on any atom is 0.135 e. The summed E-state index contributed by atoms with van der Waals surface area (Å²) in [7, 11) is 0. The predicted octanol–water partition coefficient (Wildman–Crippen LogP) is 7.55. The minimum absolute atomic E-state index is 0.902. The molecular formula is C25H14O3. The van der Waals surface area contributed by atoms with Gasteiger partial charge in [-0.25, -0.2) is 0 Å². The Labute approximate surface area is 159 Å². The lowest BCUT2D eigenvalue weighted by atomic mass is 9.88. The Bertz CT molecular complexity index is 1490. The van der Waals surface area contributed by atoms with Gasteiger partial charge in [-0.1, -0.05) is 0 Å². The van der Waals surface area contributed by atoms with Crippen molar-refractivity contribution >= 4 is 33.5 Å². The van der Waals surface area contributed by atoms with E-state index in [-0.39, 0.29) is 0 Å². The first-order valence-electron chi connectivity index (χ1n) is 9.34. The summed E-state index contributed by atoms with van der Waals surface area (Å²) in [6, 6.07) is 23.0. The molecule has 0 radical (unpaired) electrons. The zero-order valence-electron chi connectivity index (χ0n) is 15.1. The number of rotatable bonds is 3. The van der Waals surface area contributed by atoms with Crippen molar-refractivity contribution in [3.63, 3.8) is 0 Å². The molecule has 0 unspecified atom stereocenters. The van der Waals surface area contributed by atoms with E-state index in [1.54, 1.807) is 0 Å². The van der Waals surface area contributed by atoms with E-state index < -0.39 is 0 Å². The number of hydrogen-bond donors (Lipinski definition) is 0. The van der Waals surface area contributed by atoms with E-state index in [0.717, 1.165) is 55.8 Å². The van der Waals surface area contributed by atoms with Crippen LogP contribution in [0.2, 0.25) is 0 Å². The summed E-state index contributed by atoms with van der Waals surface area (Å²) in [6.45, 7) is 2.17. The summed E-state index contributed by atoms with van der Waals surface area (Å²) in [6.07, 6.45) is 0. The molecule has 0 aliphatic rings. The summed E-state index contributed by atoms with van der Waals surface area (Å²) < 4.78 is 17.5. The highest BCUT2D eigenvalue weighted by molar-refractivity contribution is 5.97. The van der Waals surface area contributed by atoms with Crippen molar-refractivity contribution in [2.45, 2.75) is 6.92 Å². The van der Waals surface area contributed by atoms with Crippen molar-refractivity contribution in [3.05, 3.63) is 72.3 Å². The van der Waals surface area contributed by atoms with Crippen LogP contribution in [0.1, 0.15) is 5.56 Å². The van der Waals surface area contributed by atoms with Gasteiger partial charge in [-0.15, -0.1) is 0 Å². The fourth-order valence-electron chi connectivity index (χ4n) is 4.44. The van der Waals surface area contributed by atoms with Crippen LogP contribution in [0.4, 0.5) is 0 Å². The average Bonchev–Trinajstić information content (AvgIpc) is 3.55. The molecule has 0 fully saturated rings. The Balaban J connectivity index is 1.55. The molecule has 0 saturated carbocycles. The Morgan fingerprint density at radius 2 is 0.893 bits per heavy atom. The summed E-state index contributed by atoms with van der Waals surface area (Å²) in [4.78, 5) is 0. The normalized spacial score (nSPS) is 12.5. The summed E-state index contributed by atoms with van der Waals surface area (Å²) in [5.74, 6) is 0. The van der Waals surface area contributed by atoms with E-state index in [1.807, 2.05) is 36.4 Å². The van der Waals surface area contributed by atoms with Gasteiger partial charge in [-0.05, 0) is 95.9 Å². The fourth-order valence-corrected chi connectivity index (χ4v) is 4.44. The van der Waals surface area contributed by atoms with Gasteiger partial charge in [0.25, 0.3) is 0 Å². The van der Waals surface area contributed by atoms with Gasteiger partial charge in [0.2, 0.25) is 0 Å². The SMILES string of the molecule is Cc1c(-c2cc3ccc2o3)cc(-c2cc3ccc2o3)cc1-c1cc2ccc1o2. The molecule has 132 valence electrons. The maximum absolute atomic E-state index is 5.83. The Kier molecular flexibility index (Phi) is 2.44. The van der Waals surface area contributed by atoms with E-state index >= 15 is 0 Å². The molecular weight excluding hydrogens is 348 g/mol. The molecule has 0 aliphatic heterocycles. The highest BCUT2D eigenvalue weighted by Gasteiger charge is 2.20. The van der Waals surface area contributed by atoms with Gasteiger partial charge in [0.15, 0.2) is 0 Å². The Hall–Kier alpha value is -3.72. The molecule has 0 aliphatic carbocycles. The lowest BCUT2D eigenvalue weighted by Crippen LogP contribution is -1.91. The molecule has 3 nitrogen and oxygen atoms in total. The van der Waals surface area contributed by atoms with Crippen LogP contribution < -0.4 is 0 Å². The molecule has 0 amide bonds. The maximum atomic E-state index is 5.83. The van der Waals surface area contributed by atoms with Gasteiger partial charge < -0.3 is 13.3 Å². The zero-order chi connectivity index (χ0) is 18.4. The minimum atomic E-state index is 0.902. The molecule has 0 atom stereocenters. The van der Waals surface area contributed by atoms with Gasteiger partial charge >= 0.3 is 0 Å². The van der Waals surface area contributed by atoms with Crippen LogP contribution in [0.3, 0.4) is 0 Å². The molecule has 0 spiro atoms. The molecule has 0 saturated heterocycles. The van der Waals surface area contributed by atoms with Crippen LogP contribution in [-0.2, 0) is 0 Å². The Morgan fingerprint density at radius 1 is 0.464 bits per heavy atom. The molecule has 7 rings (SSSR count). The molecule has 3 heteroatoms. The van der Waals surface area contributed by atoms with Crippen molar-refractivity contribution in [1.29, 1.82) is 0 Å². The topological polar surface area (TPSA) is 39.4 Å². The third-order valence-corrected chi connectivity index (χ3v) is 5.84. The van der Waals surface area contributed by atoms with E-state index in [9.17, 15) is 0 Å². The first-order chi connectivity index (χ1) is 13.7. The summed E-state index contributed by atoms with van der Waals surface area (Å²) in [5, 5.41) is 0. The van der Waals surface area contributed by atoms with E-state index in [0.29, 0.717) is 0 Å². The fraction of sp³-hybridized carbons (Fsp3) is 0.0400. The predicted molar refractivity (Wildman–Crippen MR) is 110 cm³/mol. The zero-order valence-corrected chi connectivity index (χ0v) is 15.1. The van der Waals surface area contributed by atoms with E-state index in [1.165, 1.54) is 16.7 Å². The van der Waals surface area contributed by atoms with Gasteiger partial charge in [0, 0.05) is 16.7 Å². The standard InChI is InChI=1S/C25H14O3/c1-13-18(21-11-16-3-6-24(21)27-16)8-14(20-10-15-2-5-23(20)26-15)9-19(13)22-12-17-4-7-25(22)28-17/h2-12H,1H3. The Morgan fingerprint density at radius 3 is 1.25 bits per heavy atom. The monoisotopic (exact) mass is 362 g/mol. The molecule has 1 aromatic carbocycles. The van der Waals surface area contributed by atoms with E-state index in [4.69, 9.17) is 13.3 Å². The van der Waals surface area contributed by atoms with Crippen LogP contribution in [0.25, 0.3) is 66.9 Å². The number of fused-ring (bicyclic) bond motifs is 6. The largest absolute Gasteiger partial charge is 0.457 e. The van der Waals surface area contributed by atoms with E-state index in [2.05, 4.69) is 37.3 Å². The van der Waals surface area contributed by atoms with Crippen molar-refractivity contribution in [2.75, 3.05) is 0 Å². The van der Waals surface area contributed by atoms with Gasteiger partial charge in [-0.3, -0.25) is 0 Å². The second-order valence-corrected chi connectivity index (χ2v) is 7.48. The third-order valence-electron chi connectivity index (χ3n) is 5.84. The van der Waals surface area contributed by atoms with Crippen LogP contribution >= 0.6 is 0 Å². The summed E-state index contributed by atoms with van der Waals surface area (Å²) >= 11 is 0. The first kappa shape index (κ1) is 14.4. The smallest absolute Gasteiger partial charge is 0.135 e. The second-order valence-electron chi connectivity index (χ2n) is 7.48. The molecule has 6 aromatic heterocycles.